The molecular formula is C10H13N5O2. The fourth-order valence-electron chi connectivity index (χ4n) is 1.48. The first-order valence-electron chi connectivity index (χ1n) is 5.28. The van der Waals surface area contributed by atoms with Crippen LogP contribution in [0.25, 0.3) is 0 Å². The molecule has 0 saturated carbocycles. The largest absolute Gasteiger partial charge is 0.328 e. The molecule has 90 valence electrons. The van der Waals surface area contributed by atoms with Crippen LogP contribution in [0.1, 0.15) is 18.2 Å². The molecule has 0 spiro atoms. The van der Waals surface area contributed by atoms with Gasteiger partial charge in [0.15, 0.2) is 0 Å². The smallest absolute Gasteiger partial charge is 0.303 e. The zero-order valence-corrected chi connectivity index (χ0v) is 9.67. The van der Waals surface area contributed by atoms with Crippen LogP contribution in [-0.4, -0.2) is 24.5 Å². The second-order valence-corrected chi connectivity index (χ2v) is 3.79. The molecule has 0 amide bonds. The maximum absolute atomic E-state index is 11.5. The second kappa shape index (κ2) is 4.36. The lowest BCUT2D eigenvalue weighted by atomic mass is 10.3. The first kappa shape index (κ1) is 11.3. The fraction of sp³-hybridized carbons (Fsp3) is 0.400. The van der Waals surface area contributed by atoms with Gasteiger partial charge in [0.1, 0.15) is 0 Å². The maximum atomic E-state index is 11.5. The number of rotatable bonds is 3. The van der Waals surface area contributed by atoms with E-state index in [4.69, 9.17) is 0 Å². The van der Waals surface area contributed by atoms with E-state index in [1.54, 1.807) is 17.9 Å². The molecule has 1 N–H and O–H groups in total. The number of aromatic amines is 1. The topological polar surface area (TPSA) is 85.6 Å². The summed E-state index contributed by atoms with van der Waals surface area (Å²) >= 11 is 0. The fourth-order valence-corrected chi connectivity index (χ4v) is 1.48. The first-order valence-corrected chi connectivity index (χ1v) is 5.28. The minimum atomic E-state index is -0.424. The summed E-state index contributed by atoms with van der Waals surface area (Å²) in [6.45, 7) is 2.28. The lowest BCUT2D eigenvalue weighted by Crippen LogP contribution is -2.30. The van der Waals surface area contributed by atoms with E-state index in [0.717, 1.165) is 12.1 Å². The molecule has 0 saturated heterocycles. The quantitative estimate of drug-likeness (QED) is 0.760. The number of nitrogens with one attached hydrogen (secondary N) is 1. The van der Waals surface area contributed by atoms with Crippen molar-refractivity contribution in [2.24, 2.45) is 7.05 Å². The third-order valence-corrected chi connectivity index (χ3v) is 2.46. The van der Waals surface area contributed by atoms with Crippen LogP contribution in [0.2, 0.25) is 0 Å². The number of aryl methyl sites for hydroxylation is 2. The van der Waals surface area contributed by atoms with E-state index < -0.39 is 5.69 Å². The zero-order valence-electron chi connectivity index (χ0n) is 9.67. The molecule has 2 aromatic heterocycles. The number of H-pyrrole nitrogens is 1. The summed E-state index contributed by atoms with van der Waals surface area (Å²) in [6, 6.07) is 0. The summed E-state index contributed by atoms with van der Waals surface area (Å²) in [5.41, 5.74) is 0.527. The van der Waals surface area contributed by atoms with Crippen LogP contribution in [0.5, 0.6) is 0 Å². The molecule has 0 aliphatic carbocycles. The van der Waals surface area contributed by atoms with Crippen LogP contribution in [0.3, 0.4) is 0 Å². The highest BCUT2D eigenvalue weighted by atomic mass is 16.2. The van der Waals surface area contributed by atoms with E-state index in [9.17, 15) is 9.59 Å². The zero-order chi connectivity index (χ0) is 12.4. The highest BCUT2D eigenvalue weighted by Gasteiger charge is 2.05. The van der Waals surface area contributed by atoms with Gasteiger partial charge in [0.25, 0.3) is 5.56 Å². The SMILES string of the molecule is CCc1cn(Cc2cn(C)c(=O)[nH]c2=O)nn1. The van der Waals surface area contributed by atoms with Crippen LogP contribution in [0.15, 0.2) is 22.0 Å². The Morgan fingerprint density at radius 1 is 1.35 bits per heavy atom. The molecule has 0 aliphatic rings. The van der Waals surface area contributed by atoms with E-state index >= 15 is 0 Å². The van der Waals surface area contributed by atoms with Crippen LogP contribution in [0, 0.1) is 0 Å². The molecule has 0 atom stereocenters. The minimum absolute atomic E-state index is 0.302. The van der Waals surface area contributed by atoms with Gasteiger partial charge in [0, 0.05) is 19.4 Å². The molecule has 0 fully saturated rings. The molecule has 2 rings (SSSR count). The van der Waals surface area contributed by atoms with Crippen LogP contribution >= 0.6 is 0 Å². The van der Waals surface area contributed by atoms with Crippen LogP contribution in [-0.2, 0) is 20.0 Å². The normalized spacial score (nSPS) is 10.7. The predicted molar refractivity (Wildman–Crippen MR) is 60.8 cm³/mol. The molecular weight excluding hydrogens is 222 g/mol. The number of nitrogens with zero attached hydrogens (tertiary/aromatic N) is 4. The second-order valence-electron chi connectivity index (χ2n) is 3.79. The average Bonchev–Trinajstić information content (AvgIpc) is 2.73. The lowest BCUT2D eigenvalue weighted by molar-refractivity contribution is 0.633. The van der Waals surface area contributed by atoms with E-state index in [2.05, 4.69) is 15.3 Å². The molecule has 0 bridgehead atoms. The Morgan fingerprint density at radius 2 is 2.12 bits per heavy atom. The van der Waals surface area contributed by atoms with Gasteiger partial charge >= 0.3 is 5.69 Å². The summed E-state index contributed by atoms with van der Waals surface area (Å²) in [7, 11) is 1.58. The summed E-state index contributed by atoms with van der Waals surface area (Å²) in [5.74, 6) is 0. The third-order valence-electron chi connectivity index (χ3n) is 2.46. The van der Waals surface area contributed by atoms with Crippen molar-refractivity contribution in [3.8, 4) is 0 Å². The van der Waals surface area contributed by atoms with Crippen molar-refractivity contribution in [2.45, 2.75) is 19.9 Å². The van der Waals surface area contributed by atoms with Gasteiger partial charge in [0.2, 0.25) is 0 Å². The van der Waals surface area contributed by atoms with Crippen molar-refractivity contribution in [2.75, 3.05) is 0 Å². The maximum Gasteiger partial charge on any atom is 0.328 e. The molecule has 0 unspecified atom stereocenters. The van der Waals surface area contributed by atoms with Gasteiger partial charge in [-0.25, -0.2) is 9.48 Å². The van der Waals surface area contributed by atoms with Gasteiger partial charge in [-0.2, -0.15) is 0 Å². The van der Waals surface area contributed by atoms with E-state index in [1.165, 1.54) is 10.8 Å². The van der Waals surface area contributed by atoms with Gasteiger partial charge in [-0.1, -0.05) is 12.1 Å². The van der Waals surface area contributed by atoms with Gasteiger partial charge in [-0.15, -0.1) is 5.10 Å². The van der Waals surface area contributed by atoms with E-state index in [-0.39, 0.29) is 5.56 Å². The summed E-state index contributed by atoms with van der Waals surface area (Å²) < 4.78 is 2.91. The Morgan fingerprint density at radius 3 is 2.76 bits per heavy atom. The summed E-state index contributed by atoms with van der Waals surface area (Å²) in [4.78, 5) is 24.9. The van der Waals surface area contributed by atoms with Crippen molar-refractivity contribution < 1.29 is 0 Å². The van der Waals surface area contributed by atoms with Crippen molar-refractivity contribution >= 4 is 0 Å². The third kappa shape index (κ3) is 2.32. The van der Waals surface area contributed by atoms with E-state index in [1.807, 2.05) is 6.92 Å². The van der Waals surface area contributed by atoms with Crippen molar-refractivity contribution in [1.29, 1.82) is 0 Å². The Hall–Kier alpha value is -2.18. The molecule has 2 aromatic rings. The minimum Gasteiger partial charge on any atom is -0.303 e. The standard InChI is InChI=1S/C10H13N5O2/c1-3-8-6-15(13-12-8)5-7-4-14(2)10(17)11-9(7)16/h4,6H,3,5H2,1-2H3,(H,11,16,17). The molecule has 7 nitrogen and oxygen atoms in total. The lowest BCUT2D eigenvalue weighted by Gasteiger charge is -2.01. The monoisotopic (exact) mass is 235 g/mol. The predicted octanol–water partition coefficient (Wildman–Crippen LogP) is -0.724. The highest BCUT2D eigenvalue weighted by molar-refractivity contribution is 5.05. The summed E-state index contributed by atoms with van der Waals surface area (Å²) in [6.07, 6.45) is 4.09. The van der Waals surface area contributed by atoms with Gasteiger partial charge in [-0.3, -0.25) is 9.78 Å². The van der Waals surface area contributed by atoms with Crippen molar-refractivity contribution in [3.05, 3.63) is 44.5 Å². The molecule has 0 radical (unpaired) electrons. The van der Waals surface area contributed by atoms with Crippen molar-refractivity contribution in [1.82, 2.24) is 24.5 Å². The van der Waals surface area contributed by atoms with Gasteiger partial charge in [0.05, 0.1) is 17.8 Å². The Labute approximate surface area is 96.7 Å². The van der Waals surface area contributed by atoms with Crippen LogP contribution < -0.4 is 11.2 Å². The number of hydrogen-bond acceptors (Lipinski definition) is 4. The molecule has 17 heavy (non-hydrogen) atoms. The molecule has 0 aromatic carbocycles. The number of hydrogen-bond donors (Lipinski definition) is 1. The van der Waals surface area contributed by atoms with Crippen LogP contribution in [0.4, 0.5) is 0 Å². The van der Waals surface area contributed by atoms with Gasteiger partial charge in [-0.05, 0) is 6.42 Å². The Balaban J connectivity index is 2.33. The van der Waals surface area contributed by atoms with E-state index in [0.29, 0.717) is 12.1 Å². The summed E-state index contributed by atoms with van der Waals surface area (Å²) in [5, 5.41) is 7.83. The molecule has 0 aliphatic heterocycles. The Kier molecular flexibility index (Phi) is 2.90. The average molecular weight is 235 g/mol. The first-order chi connectivity index (χ1) is 8.10. The number of aromatic nitrogens is 5. The molecule has 7 heteroatoms. The van der Waals surface area contributed by atoms with Crippen molar-refractivity contribution in [3.63, 3.8) is 0 Å². The highest BCUT2D eigenvalue weighted by Crippen LogP contribution is 1.96. The molecule has 2 heterocycles. The van der Waals surface area contributed by atoms with Gasteiger partial charge < -0.3 is 4.57 Å². The Bertz CT molecular complexity index is 637.